The number of ether oxygens (including phenoxy) is 3. The molecule has 1 aromatic heterocycles. The van der Waals surface area contributed by atoms with E-state index in [-0.39, 0.29) is 67.5 Å². The number of Topliss-reactive ketones (excluding diaryl/α,β-unsaturated/α-hetero) is 2. The minimum absolute atomic E-state index is 0.0246. The van der Waals surface area contributed by atoms with Gasteiger partial charge >= 0.3 is 18.0 Å². The number of hydrogen-bond donors (Lipinski definition) is 6. The topological polar surface area (TPSA) is 256 Å². The van der Waals surface area contributed by atoms with Crippen molar-refractivity contribution in [1.29, 1.82) is 0 Å². The van der Waals surface area contributed by atoms with Crippen molar-refractivity contribution >= 4 is 86.6 Å². The molecule has 1 aromatic rings. The normalized spacial score (nSPS) is 19.9. The van der Waals surface area contributed by atoms with Crippen LogP contribution in [0.15, 0.2) is 55.8 Å². The number of carbonyl (C=O) groups excluding carboxylic acids is 6. The molecule has 20 heteroatoms. The highest BCUT2D eigenvalue weighted by atomic mass is 33.1. The first-order valence-electron chi connectivity index (χ1n) is 23.3. The van der Waals surface area contributed by atoms with E-state index in [0.717, 1.165) is 35.4 Å². The van der Waals surface area contributed by atoms with Gasteiger partial charge in [-0.05, 0) is 86.1 Å². The van der Waals surface area contributed by atoms with Crippen molar-refractivity contribution in [2.75, 3.05) is 51.5 Å². The molecule has 0 unspecified atom stereocenters. The van der Waals surface area contributed by atoms with E-state index < -0.39 is 41.8 Å². The smallest absolute Gasteiger partial charge is 0.426 e. The number of methoxy groups -OCH3 is 1. The molecular weight excluding hydrogens is 927 g/mol. The van der Waals surface area contributed by atoms with Crippen molar-refractivity contribution in [3.05, 3.63) is 67.7 Å². The van der Waals surface area contributed by atoms with Crippen molar-refractivity contribution < 1.29 is 52.9 Å². The van der Waals surface area contributed by atoms with Crippen LogP contribution >= 0.6 is 21.6 Å². The zero-order valence-corrected chi connectivity index (χ0v) is 42.3. The Morgan fingerprint density at radius 2 is 1.64 bits per heavy atom. The first kappa shape index (κ1) is 54.4. The first-order valence-corrected chi connectivity index (χ1v) is 25.8. The highest BCUT2D eigenvalue weighted by molar-refractivity contribution is 8.76. The van der Waals surface area contributed by atoms with Crippen molar-refractivity contribution in [2.45, 2.75) is 93.0 Å². The number of amides is 3. The Balaban J connectivity index is 1.48. The van der Waals surface area contributed by atoms with Gasteiger partial charge < -0.3 is 34.9 Å². The molecule has 3 aliphatic heterocycles. The number of aromatic amines is 1. The third-order valence-electron chi connectivity index (χ3n) is 12.4. The molecule has 374 valence electrons. The summed E-state index contributed by atoms with van der Waals surface area (Å²) in [6, 6.07) is -1.06. The van der Waals surface area contributed by atoms with Crippen LogP contribution in [0.1, 0.15) is 96.0 Å². The summed E-state index contributed by atoms with van der Waals surface area (Å²) >= 11 is 0. The second-order valence-electron chi connectivity index (χ2n) is 17.3. The number of fused-ring (bicyclic) bond motifs is 6. The van der Waals surface area contributed by atoms with Gasteiger partial charge in [-0.15, -0.1) is 0 Å². The second-order valence-corrected chi connectivity index (χ2v) is 19.9. The van der Waals surface area contributed by atoms with Gasteiger partial charge in [0.1, 0.15) is 12.6 Å². The number of carbonyl (C=O) groups is 7. The molecular formula is C49H65N7O11S2. The zero-order chi connectivity index (χ0) is 50.4. The molecule has 5 atom stereocenters. The molecule has 0 fully saturated rings. The molecule has 0 saturated heterocycles. The molecule has 0 saturated carbocycles. The van der Waals surface area contributed by atoms with Gasteiger partial charge in [0.05, 0.1) is 32.0 Å². The van der Waals surface area contributed by atoms with E-state index in [4.69, 9.17) is 24.2 Å². The van der Waals surface area contributed by atoms with Crippen molar-refractivity contribution in [1.82, 2.24) is 26.5 Å². The molecule has 3 amide bonds. The maximum Gasteiger partial charge on any atom is 0.426 e. The Hall–Kier alpha value is -5.57. The molecule has 0 spiro atoms. The number of aliphatic carboxylic acids is 1. The number of aromatic nitrogens is 1. The maximum atomic E-state index is 14.3. The minimum atomic E-state index is -1.16. The number of esters is 1. The van der Waals surface area contributed by atoms with E-state index in [1.807, 2.05) is 45.1 Å². The van der Waals surface area contributed by atoms with Crippen LogP contribution < -0.4 is 32.2 Å². The fourth-order valence-electron chi connectivity index (χ4n) is 8.86. The van der Waals surface area contributed by atoms with Gasteiger partial charge in [0, 0.05) is 101 Å². The molecule has 1 aliphatic carbocycles. The number of H-pyrrole nitrogens is 1. The van der Waals surface area contributed by atoms with Crippen LogP contribution in [0.3, 0.4) is 0 Å². The summed E-state index contributed by atoms with van der Waals surface area (Å²) < 4.78 is 16.0. The number of nitrogens with zero attached hydrogens (tertiary/aromatic N) is 2. The van der Waals surface area contributed by atoms with E-state index >= 15 is 0 Å². The SMILES string of the molecule is CCCOCCNCC(=O)C1=C2CC(=C1)C=C1N=C(C=c3[nH]c(c(C)c3C(C)=O)=CC3=NC(=C2CC(=O)OC)[C@@H](CCC(=O)NNC(=O)OCCSSC[C@H](NC(C)=O)C(=O)O)[C@@H]3C)[C@H](C)[C@H]1CC. The van der Waals surface area contributed by atoms with E-state index in [1.165, 1.54) is 42.5 Å². The Bertz CT molecular complexity index is 2500. The second kappa shape index (κ2) is 25.9. The lowest BCUT2D eigenvalue weighted by Gasteiger charge is -2.21. The van der Waals surface area contributed by atoms with Gasteiger partial charge in [0.15, 0.2) is 11.6 Å². The average Bonchev–Trinajstić information content (AvgIpc) is 4.03. The van der Waals surface area contributed by atoms with Gasteiger partial charge in [-0.25, -0.2) is 15.0 Å². The third kappa shape index (κ3) is 14.5. The van der Waals surface area contributed by atoms with Crippen molar-refractivity contribution in [3.63, 3.8) is 0 Å². The summed E-state index contributed by atoms with van der Waals surface area (Å²) in [5.74, 6) is -3.20. The highest BCUT2D eigenvalue weighted by Gasteiger charge is 2.38. The lowest BCUT2D eigenvalue weighted by Crippen LogP contribution is -2.42. The summed E-state index contributed by atoms with van der Waals surface area (Å²) in [5, 5.41) is 16.2. The number of nitrogens with one attached hydrogen (secondary N) is 5. The predicted octanol–water partition coefficient (Wildman–Crippen LogP) is 4.35. The van der Waals surface area contributed by atoms with Gasteiger partial charge in [0.2, 0.25) is 11.8 Å². The predicted molar refractivity (Wildman–Crippen MR) is 267 cm³/mol. The molecule has 0 aromatic carbocycles. The third-order valence-corrected chi connectivity index (χ3v) is 14.8. The molecule has 18 nitrogen and oxygen atoms in total. The molecule has 69 heavy (non-hydrogen) atoms. The molecule has 6 N–H and O–H groups in total. The van der Waals surface area contributed by atoms with Gasteiger partial charge in [0.25, 0.3) is 0 Å². The van der Waals surface area contributed by atoms with Crippen LogP contribution in [0.5, 0.6) is 0 Å². The maximum absolute atomic E-state index is 14.3. The number of carboxylic acid groups (broad SMARTS) is 1. The van der Waals surface area contributed by atoms with Crippen LogP contribution in [0.2, 0.25) is 0 Å². The fourth-order valence-corrected chi connectivity index (χ4v) is 10.8. The number of ketones is 2. The van der Waals surface area contributed by atoms with Gasteiger partial charge in [-0.3, -0.25) is 39.4 Å². The zero-order valence-electron chi connectivity index (χ0n) is 40.6. The quantitative estimate of drug-likeness (QED) is 0.0293. The monoisotopic (exact) mass is 991 g/mol. The van der Waals surface area contributed by atoms with Gasteiger partial charge in [-0.2, -0.15) is 0 Å². The molecule has 5 rings (SSSR count). The van der Waals surface area contributed by atoms with Crippen LogP contribution in [-0.4, -0.2) is 120 Å². The van der Waals surface area contributed by atoms with Gasteiger partial charge in [-0.1, -0.05) is 49.3 Å². The Morgan fingerprint density at radius 1 is 0.913 bits per heavy atom. The number of hydrogen-bond acceptors (Lipinski definition) is 15. The summed E-state index contributed by atoms with van der Waals surface area (Å²) in [4.78, 5) is 103. The number of aliphatic imine (C=N–C) groups is 2. The highest BCUT2D eigenvalue weighted by Crippen LogP contribution is 2.44. The summed E-state index contributed by atoms with van der Waals surface area (Å²) in [7, 11) is 3.76. The molecule has 4 aliphatic rings. The fraction of sp³-hybridized carbons (Fsp3) is 0.531. The molecule has 4 heterocycles. The van der Waals surface area contributed by atoms with Crippen LogP contribution in [-0.2, 0) is 38.2 Å². The number of hydrazine groups is 1. The van der Waals surface area contributed by atoms with Crippen LogP contribution in [0, 0.1) is 30.6 Å². The van der Waals surface area contributed by atoms with Crippen molar-refractivity contribution in [3.8, 4) is 0 Å². The van der Waals surface area contributed by atoms with E-state index in [2.05, 4.69) is 40.3 Å². The van der Waals surface area contributed by atoms with Crippen LogP contribution in [0.4, 0.5) is 4.79 Å². The Labute approximate surface area is 410 Å². The first-order chi connectivity index (χ1) is 33.0. The lowest BCUT2D eigenvalue weighted by atomic mass is 9.82. The standard InChI is InChI=1S/C49H65N7O11S2/c1-9-14-66-15-13-50-24-43(59)35-19-31-18-34(35)36(21-45(61)65-8)47-33(11-12-44(60)55-56-49(64)67-16-17-68-69-25-42(48(62)63)51-30(7)58)27(4)38(54-47)22-39-28(5)46(29(6)57)41(53-39)23-37-26(3)32(10-2)40(20-31)52-37/h19-20,22-23,26-27,32-33,42,50,53H,9-18,21,24-25H2,1-8H3,(H,51,58)(H,55,60)(H,56,64)(H,62,63)/t26-,27+,32-,33+,42+/m1/s1. The van der Waals surface area contributed by atoms with E-state index in [0.29, 0.717) is 76.3 Å². The molecule has 0 radical (unpaired) electrons. The molecule has 8 bridgehead atoms. The van der Waals surface area contributed by atoms with E-state index in [9.17, 15) is 38.7 Å². The summed E-state index contributed by atoms with van der Waals surface area (Å²) in [6.45, 7) is 14.4. The minimum Gasteiger partial charge on any atom is -0.480 e. The van der Waals surface area contributed by atoms with Crippen LogP contribution in [0.25, 0.3) is 12.2 Å². The Kier molecular flexibility index (Phi) is 20.4. The largest absolute Gasteiger partial charge is 0.480 e. The number of carboxylic acids is 1. The summed E-state index contributed by atoms with van der Waals surface area (Å²) in [5.41, 5.74) is 11.2. The Morgan fingerprint density at radius 3 is 2.32 bits per heavy atom. The summed E-state index contributed by atoms with van der Waals surface area (Å²) in [6.07, 6.45) is 8.81. The lowest BCUT2D eigenvalue weighted by molar-refractivity contribution is -0.141. The average molecular weight is 992 g/mol. The van der Waals surface area contributed by atoms with E-state index in [1.54, 1.807) is 0 Å². The number of allylic oxidation sites excluding steroid dienone is 6. The number of rotatable bonds is 23. The van der Waals surface area contributed by atoms with Crippen molar-refractivity contribution in [2.24, 2.45) is 33.7 Å².